The third-order valence-electron chi connectivity index (χ3n) is 4.86. The van der Waals surface area contributed by atoms with Gasteiger partial charge in [-0.05, 0) is 32.9 Å². The minimum absolute atomic E-state index is 0.0542. The molecule has 29 heavy (non-hydrogen) atoms. The van der Waals surface area contributed by atoms with Crippen molar-refractivity contribution in [3.63, 3.8) is 0 Å². The highest BCUT2D eigenvalue weighted by atomic mass is 32.1. The van der Waals surface area contributed by atoms with E-state index in [9.17, 15) is 4.79 Å². The first-order valence-electron chi connectivity index (χ1n) is 9.44. The monoisotopic (exact) mass is 402 g/mol. The molecule has 0 saturated carbocycles. The number of rotatable bonds is 5. The molecule has 2 heterocycles. The number of hydrogen-bond acceptors (Lipinski definition) is 4. The van der Waals surface area contributed by atoms with Crippen molar-refractivity contribution in [3.05, 3.63) is 82.5 Å². The Morgan fingerprint density at radius 2 is 1.76 bits per heavy atom. The smallest absolute Gasteiger partial charge is 0.228 e. The van der Waals surface area contributed by atoms with Crippen molar-refractivity contribution in [2.24, 2.45) is 0 Å². The van der Waals surface area contributed by atoms with Gasteiger partial charge in [0.1, 0.15) is 0 Å². The van der Waals surface area contributed by atoms with Crippen LogP contribution in [0, 0.1) is 20.8 Å². The molecule has 0 atom stereocenters. The molecule has 4 rings (SSSR count). The number of nitrogens with zero attached hydrogens (tertiary/aromatic N) is 3. The van der Waals surface area contributed by atoms with Crippen LogP contribution in [0.15, 0.2) is 60.0 Å². The second-order valence-corrected chi connectivity index (χ2v) is 7.87. The van der Waals surface area contributed by atoms with Gasteiger partial charge in [0.2, 0.25) is 11.0 Å². The predicted octanol–water partition coefficient (Wildman–Crippen LogP) is 5.10. The van der Waals surface area contributed by atoms with Gasteiger partial charge in [-0.1, -0.05) is 48.0 Å². The van der Waals surface area contributed by atoms with Crippen molar-refractivity contribution in [1.29, 1.82) is 0 Å². The summed E-state index contributed by atoms with van der Waals surface area (Å²) in [6.07, 6.45) is 0.281. The highest BCUT2D eigenvalue weighted by molar-refractivity contribution is 7.12. The first-order valence-corrected chi connectivity index (χ1v) is 10.3. The van der Waals surface area contributed by atoms with Crippen LogP contribution < -0.4 is 5.32 Å². The summed E-state index contributed by atoms with van der Waals surface area (Å²) in [6.45, 7) is 5.99. The van der Waals surface area contributed by atoms with Gasteiger partial charge in [0, 0.05) is 27.9 Å². The number of aromatic nitrogens is 3. The van der Waals surface area contributed by atoms with Crippen molar-refractivity contribution >= 4 is 22.9 Å². The molecule has 1 N–H and O–H groups in total. The molecular formula is C23H22N4OS. The van der Waals surface area contributed by atoms with Crippen LogP contribution in [0.5, 0.6) is 0 Å². The van der Waals surface area contributed by atoms with Crippen LogP contribution in [0.4, 0.5) is 5.69 Å². The van der Waals surface area contributed by atoms with Crippen LogP contribution in [-0.4, -0.2) is 20.7 Å². The van der Waals surface area contributed by atoms with Crippen molar-refractivity contribution in [2.75, 3.05) is 5.32 Å². The molecule has 1 amide bonds. The fourth-order valence-corrected chi connectivity index (χ4v) is 4.06. The maximum absolute atomic E-state index is 12.5. The van der Waals surface area contributed by atoms with Crippen molar-refractivity contribution in [1.82, 2.24) is 14.8 Å². The van der Waals surface area contributed by atoms with E-state index in [1.807, 2.05) is 54.2 Å². The number of thiazole rings is 1. The minimum Gasteiger partial charge on any atom is -0.326 e. The van der Waals surface area contributed by atoms with Gasteiger partial charge in [0.25, 0.3) is 0 Å². The number of carbonyl (C=O) groups is 1. The van der Waals surface area contributed by atoms with Gasteiger partial charge in [-0.2, -0.15) is 5.10 Å². The fraction of sp³-hybridized carbons (Fsp3) is 0.174. The van der Waals surface area contributed by atoms with Gasteiger partial charge in [-0.3, -0.25) is 4.79 Å². The summed E-state index contributed by atoms with van der Waals surface area (Å²) >= 11 is 1.55. The topological polar surface area (TPSA) is 59.8 Å². The molecular weight excluding hydrogens is 380 g/mol. The maximum Gasteiger partial charge on any atom is 0.228 e. The lowest BCUT2D eigenvalue weighted by Gasteiger charge is -2.05. The highest BCUT2D eigenvalue weighted by Crippen LogP contribution is 2.26. The van der Waals surface area contributed by atoms with E-state index in [1.165, 1.54) is 5.56 Å². The molecule has 0 aliphatic rings. The molecule has 0 unspecified atom stereocenters. The number of anilines is 1. The van der Waals surface area contributed by atoms with Crippen LogP contribution >= 0.6 is 11.3 Å². The Morgan fingerprint density at radius 3 is 2.48 bits per heavy atom. The summed E-state index contributed by atoms with van der Waals surface area (Å²) in [5.74, 6) is -0.0542. The van der Waals surface area contributed by atoms with E-state index >= 15 is 0 Å². The molecule has 0 bridgehead atoms. The Labute approximate surface area is 174 Å². The Hall–Kier alpha value is -3.25. The summed E-state index contributed by atoms with van der Waals surface area (Å²) in [7, 11) is 0. The molecule has 0 saturated heterocycles. The van der Waals surface area contributed by atoms with E-state index in [4.69, 9.17) is 4.98 Å². The second-order valence-electron chi connectivity index (χ2n) is 7.03. The number of para-hydroxylation sites is 1. The lowest BCUT2D eigenvalue weighted by Crippen LogP contribution is -2.15. The van der Waals surface area contributed by atoms with E-state index in [-0.39, 0.29) is 12.3 Å². The third kappa shape index (κ3) is 4.12. The molecule has 2 aromatic carbocycles. The number of carbonyl (C=O) groups excluding carboxylic acids is 1. The molecule has 6 heteroatoms. The molecule has 0 fully saturated rings. The zero-order chi connectivity index (χ0) is 20.4. The lowest BCUT2D eigenvalue weighted by atomic mass is 10.1. The summed E-state index contributed by atoms with van der Waals surface area (Å²) in [4.78, 5) is 17.2. The van der Waals surface area contributed by atoms with E-state index in [0.717, 1.165) is 39.0 Å². The first kappa shape index (κ1) is 19.1. The average molecular weight is 403 g/mol. The molecule has 0 aliphatic heterocycles. The highest BCUT2D eigenvalue weighted by Gasteiger charge is 2.18. The van der Waals surface area contributed by atoms with Crippen molar-refractivity contribution < 1.29 is 4.79 Å². The summed E-state index contributed by atoms with van der Waals surface area (Å²) < 4.78 is 1.84. The third-order valence-corrected chi connectivity index (χ3v) is 5.67. The van der Waals surface area contributed by atoms with Gasteiger partial charge < -0.3 is 5.32 Å². The summed E-state index contributed by atoms with van der Waals surface area (Å²) in [6, 6.07) is 17.8. The van der Waals surface area contributed by atoms with Gasteiger partial charge >= 0.3 is 0 Å². The van der Waals surface area contributed by atoms with Gasteiger partial charge in [0.05, 0.1) is 17.8 Å². The van der Waals surface area contributed by atoms with Crippen LogP contribution in [-0.2, 0) is 11.2 Å². The van der Waals surface area contributed by atoms with Gasteiger partial charge in [0.15, 0.2) is 0 Å². The summed E-state index contributed by atoms with van der Waals surface area (Å²) in [5.41, 5.74) is 6.76. The largest absolute Gasteiger partial charge is 0.326 e. The molecule has 0 aliphatic carbocycles. The van der Waals surface area contributed by atoms with E-state index in [2.05, 4.69) is 41.6 Å². The quantitative estimate of drug-likeness (QED) is 0.505. The van der Waals surface area contributed by atoms with E-state index < -0.39 is 0 Å². The van der Waals surface area contributed by atoms with Gasteiger partial charge in [-0.25, -0.2) is 9.67 Å². The number of hydrogen-bond donors (Lipinski definition) is 1. The number of amides is 1. The van der Waals surface area contributed by atoms with Crippen molar-refractivity contribution in [2.45, 2.75) is 27.2 Å². The zero-order valence-electron chi connectivity index (χ0n) is 16.6. The fourth-order valence-electron chi connectivity index (χ4n) is 3.22. The molecule has 0 radical (unpaired) electrons. The molecule has 0 spiro atoms. The zero-order valence-corrected chi connectivity index (χ0v) is 17.5. The second kappa shape index (κ2) is 8.01. The van der Waals surface area contributed by atoms with Crippen LogP contribution in [0.3, 0.4) is 0 Å². The Bertz CT molecular complexity index is 1140. The van der Waals surface area contributed by atoms with Crippen molar-refractivity contribution in [3.8, 4) is 16.4 Å². The Morgan fingerprint density at radius 1 is 1.03 bits per heavy atom. The van der Waals surface area contributed by atoms with Crippen LogP contribution in [0.1, 0.15) is 22.5 Å². The number of benzene rings is 2. The van der Waals surface area contributed by atoms with Crippen LogP contribution in [0.25, 0.3) is 16.4 Å². The van der Waals surface area contributed by atoms with Crippen LogP contribution in [0.2, 0.25) is 0 Å². The first-order chi connectivity index (χ1) is 14.0. The number of nitrogens with one attached hydrogen (secondary N) is 1. The molecule has 2 aromatic heterocycles. The normalized spacial score (nSPS) is 10.9. The SMILES string of the molecule is Cc1ccc(-c2csc(-n3nc(C)c(CC(=O)Nc4ccccc4)c3C)n2)cc1. The summed E-state index contributed by atoms with van der Waals surface area (Å²) in [5, 5.41) is 10.4. The molecule has 5 nitrogen and oxygen atoms in total. The predicted molar refractivity (Wildman–Crippen MR) is 118 cm³/mol. The Kier molecular flexibility index (Phi) is 5.27. The van der Waals surface area contributed by atoms with E-state index in [1.54, 1.807) is 11.3 Å². The van der Waals surface area contributed by atoms with E-state index in [0.29, 0.717) is 0 Å². The maximum atomic E-state index is 12.5. The standard InChI is InChI=1S/C23H22N4OS/c1-15-9-11-18(12-10-15)21-14-29-23(25-21)27-17(3)20(16(2)26-27)13-22(28)24-19-7-5-4-6-8-19/h4-12,14H,13H2,1-3H3,(H,24,28). The average Bonchev–Trinajstić information content (AvgIpc) is 3.30. The molecule has 4 aromatic rings. The molecule has 146 valence electrons. The minimum atomic E-state index is -0.0542. The van der Waals surface area contributed by atoms with Gasteiger partial charge in [-0.15, -0.1) is 11.3 Å². The Balaban J connectivity index is 1.56. The number of aryl methyl sites for hydroxylation is 2. The lowest BCUT2D eigenvalue weighted by molar-refractivity contribution is -0.115.